The Kier molecular flexibility index (Phi) is 7.42. The first-order chi connectivity index (χ1) is 15.2. The van der Waals surface area contributed by atoms with Gasteiger partial charge in [-0.15, -0.1) is 0 Å². The van der Waals surface area contributed by atoms with E-state index < -0.39 is 16.1 Å². The van der Waals surface area contributed by atoms with Crippen molar-refractivity contribution < 1.29 is 17.7 Å². The average molecular weight is 457 g/mol. The number of aromatic nitrogens is 2. The summed E-state index contributed by atoms with van der Waals surface area (Å²) < 4.78 is 32.9. The minimum Gasteiger partial charge on any atom is -0.340 e. The zero-order valence-electron chi connectivity index (χ0n) is 18.6. The first-order valence-electron chi connectivity index (χ1n) is 10.5. The van der Waals surface area contributed by atoms with Crippen molar-refractivity contribution in [2.24, 2.45) is 5.92 Å². The van der Waals surface area contributed by atoms with Gasteiger partial charge in [0.05, 0.1) is 4.90 Å². The third-order valence-corrected chi connectivity index (χ3v) is 6.69. The Morgan fingerprint density at radius 1 is 1.03 bits per heavy atom. The number of nitrogens with one attached hydrogen (secondary N) is 2. The Morgan fingerprint density at radius 2 is 1.69 bits per heavy atom. The number of benzene rings is 2. The van der Waals surface area contributed by atoms with Crippen LogP contribution < -0.4 is 10.0 Å². The van der Waals surface area contributed by atoms with Gasteiger partial charge in [-0.3, -0.25) is 4.79 Å². The third kappa shape index (κ3) is 5.60. The predicted molar refractivity (Wildman–Crippen MR) is 121 cm³/mol. The molecule has 0 saturated heterocycles. The summed E-state index contributed by atoms with van der Waals surface area (Å²) >= 11 is 0. The van der Waals surface area contributed by atoms with Gasteiger partial charge in [0.15, 0.2) is 0 Å². The summed E-state index contributed by atoms with van der Waals surface area (Å²) in [7, 11) is -3.63. The van der Waals surface area contributed by atoms with Gasteiger partial charge < -0.3 is 9.84 Å². The number of carbonyl (C=O) groups is 1. The largest absolute Gasteiger partial charge is 0.340 e. The van der Waals surface area contributed by atoms with Crippen LogP contribution >= 0.6 is 0 Å². The number of sulfonamides is 1. The molecule has 3 rings (SSSR count). The van der Waals surface area contributed by atoms with Crippen LogP contribution in [0, 0.1) is 5.92 Å². The molecular weight excluding hydrogens is 428 g/mol. The summed E-state index contributed by atoms with van der Waals surface area (Å²) in [4.78, 5) is 17.4. The summed E-state index contributed by atoms with van der Waals surface area (Å²) in [5, 5.41) is 6.94. The highest BCUT2D eigenvalue weighted by Gasteiger charge is 2.26. The molecule has 32 heavy (non-hydrogen) atoms. The van der Waals surface area contributed by atoms with E-state index >= 15 is 0 Å². The van der Waals surface area contributed by atoms with Crippen LogP contribution in [0.2, 0.25) is 0 Å². The molecule has 2 atom stereocenters. The third-order valence-electron chi connectivity index (χ3n) is 5.09. The Balaban J connectivity index is 1.75. The lowest BCUT2D eigenvalue weighted by atomic mass is 10.0. The molecule has 0 unspecified atom stereocenters. The molecule has 170 valence electrons. The summed E-state index contributed by atoms with van der Waals surface area (Å²) in [5.41, 5.74) is 1.15. The molecular formula is C23H28N4O4S. The SMILES string of the molecule is CC[C@H](C)NS(=O)(=O)c1ccc(C(=O)N[C@H](c2nc(-c3ccccc3)no2)C(C)C)cc1. The smallest absolute Gasteiger partial charge is 0.251 e. The molecule has 0 aliphatic rings. The van der Waals surface area contributed by atoms with Crippen LogP contribution in [0.25, 0.3) is 11.4 Å². The number of hydrogen-bond acceptors (Lipinski definition) is 6. The monoisotopic (exact) mass is 456 g/mol. The van der Waals surface area contributed by atoms with Gasteiger partial charge in [-0.2, -0.15) is 4.98 Å². The first kappa shape index (κ1) is 23.6. The van der Waals surface area contributed by atoms with Crippen LogP contribution in [0.4, 0.5) is 0 Å². The summed E-state index contributed by atoms with van der Waals surface area (Å²) in [5.74, 6) is 0.387. The van der Waals surface area contributed by atoms with E-state index in [-0.39, 0.29) is 22.8 Å². The quantitative estimate of drug-likeness (QED) is 0.504. The van der Waals surface area contributed by atoms with E-state index in [9.17, 15) is 13.2 Å². The highest BCUT2D eigenvalue weighted by atomic mass is 32.2. The van der Waals surface area contributed by atoms with Crippen LogP contribution in [-0.2, 0) is 10.0 Å². The van der Waals surface area contributed by atoms with Gasteiger partial charge in [0.1, 0.15) is 6.04 Å². The topological polar surface area (TPSA) is 114 Å². The molecule has 0 aliphatic heterocycles. The van der Waals surface area contributed by atoms with E-state index in [0.717, 1.165) is 5.56 Å². The summed E-state index contributed by atoms with van der Waals surface area (Å²) in [6.07, 6.45) is 0.679. The first-order valence-corrected chi connectivity index (χ1v) is 12.0. The van der Waals surface area contributed by atoms with E-state index in [0.29, 0.717) is 23.7 Å². The van der Waals surface area contributed by atoms with Gasteiger partial charge in [0.2, 0.25) is 21.7 Å². The van der Waals surface area contributed by atoms with Crippen molar-refractivity contribution in [3.8, 4) is 11.4 Å². The average Bonchev–Trinajstić information content (AvgIpc) is 3.27. The fourth-order valence-electron chi connectivity index (χ4n) is 3.01. The van der Waals surface area contributed by atoms with E-state index in [2.05, 4.69) is 20.2 Å². The lowest BCUT2D eigenvalue weighted by molar-refractivity contribution is 0.0914. The van der Waals surface area contributed by atoms with Crippen molar-refractivity contribution in [3.63, 3.8) is 0 Å². The van der Waals surface area contributed by atoms with Crippen LogP contribution in [0.3, 0.4) is 0 Å². The Hall–Kier alpha value is -3.04. The van der Waals surface area contributed by atoms with Crippen molar-refractivity contribution >= 4 is 15.9 Å². The minimum atomic E-state index is -3.63. The second-order valence-corrected chi connectivity index (χ2v) is 9.69. The van der Waals surface area contributed by atoms with E-state index in [4.69, 9.17) is 4.52 Å². The number of carbonyl (C=O) groups excluding carboxylic acids is 1. The second kappa shape index (κ2) is 10.1. The summed E-state index contributed by atoms with van der Waals surface area (Å²) in [6.45, 7) is 7.57. The van der Waals surface area contributed by atoms with E-state index in [1.54, 1.807) is 6.92 Å². The molecule has 0 fully saturated rings. The Bertz CT molecular complexity index is 1140. The van der Waals surface area contributed by atoms with Crippen LogP contribution in [0.5, 0.6) is 0 Å². The maximum absolute atomic E-state index is 12.8. The Morgan fingerprint density at radius 3 is 2.28 bits per heavy atom. The zero-order valence-corrected chi connectivity index (χ0v) is 19.4. The lowest BCUT2D eigenvalue weighted by Gasteiger charge is -2.18. The van der Waals surface area contributed by atoms with Gasteiger partial charge in [-0.1, -0.05) is 56.3 Å². The number of amides is 1. The number of nitrogens with zero attached hydrogens (tertiary/aromatic N) is 2. The molecule has 1 aromatic heterocycles. The second-order valence-electron chi connectivity index (χ2n) is 7.97. The van der Waals surface area contributed by atoms with Gasteiger partial charge in [-0.25, -0.2) is 13.1 Å². The Labute approximate surface area is 188 Å². The van der Waals surface area contributed by atoms with Crippen molar-refractivity contribution in [1.29, 1.82) is 0 Å². The summed E-state index contributed by atoms with van der Waals surface area (Å²) in [6, 6.07) is 14.6. The molecule has 1 heterocycles. The fourth-order valence-corrected chi connectivity index (χ4v) is 4.33. The highest BCUT2D eigenvalue weighted by Crippen LogP contribution is 2.24. The molecule has 3 aromatic rings. The maximum atomic E-state index is 12.8. The van der Waals surface area contributed by atoms with Crippen LogP contribution in [0.15, 0.2) is 64.0 Å². The molecule has 9 heteroatoms. The lowest BCUT2D eigenvalue weighted by Crippen LogP contribution is -2.33. The highest BCUT2D eigenvalue weighted by molar-refractivity contribution is 7.89. The van der Waals surface area contributed by atoms with E-state index in [1.807, 2.05) is 51.1 Å². The molecule has 2 aromatic carbocycles. The molecule has 0 radical (unpaired) electrons. The predicted octanol–water partition coefficient (Wildman–Crippen LogP) is 3.94. The maximum Gasteiger partial charge on any atom is 0.251 e. The molecule has 0 saturated carbocycles. The molecule has 8 nitrogen and oxygen atoms in total. The molecule has 0 aliphatic carbocycles. The van der Waals surface area contributed by atoms with Gasteiger partial charge in [0, 0.05) is 17.2 Å². The van der Waals surface area contributed by atoms with Crippen LogP contribution in [-0.4, -0.2) is 30.5 Å². The fraction of sp³-hybridized carbons (Fsp3) is 0.348. The minimum absolute atomic E-state index is 0.0117. The molecule has 0 bridgehead atoms. The van der Waals surface area contributed by atoms with Gasteiger partial charge in [-0.05, 0) is 43.5 Å². The van der Waals surface area contributed by atoms with Crippen molar-refractivity contribution in [2.75, 3.05) is 0 Å². The zero-order chi connectivity index (χ0) is 23.3. The normalized spacial score (nSPS) is 13.7. The van der Waals surface area contributed by atoms with Gasteiger partial charge in [0.25, 0.3) is 5.91 Å². The van der Waals surface area contributed by atoms with Crippen molar-refractivity contribution in [2.45, 2.75) is 51.1 Å². The number of rotatable bonds is 9. The molecule has 2 N–H and O–H groups in total. The van der Waals surface area contributed by atoms with E-state index in [1.165, 1.54) is 24.3 Å². The standard InChI is InChI=1S/C23H28N4O4S/c1-5-16(4)27-32(29,30)19-13-11-18(12-14-19)22(28)24-20(15(2)3)23-25-21(26-31-23)17-9-7-6-8-10-17/h6-16,20,27H,5H2,1-4H3,(H,24,28)/t16-,20-/m0/s1. The number of hydrogen-bond donors (Lipinski definition) is 2. The van der Waals surface area contributed by atoms with Gasteiger partial charge >= 0.3 is 0 Å². The van der Waals surface area contributed by atoms with Crippen molar-refractivity contribution in [1.82, 2.24) is 20.2 Å². The molecule has 0 spiro atoms. The molecule has 1 amide bonds. The van der Waals surface area contributed by atoms with Crippen LogP contribution in [0.1, 0.15) is 56.4 Å². The van der Waals surface area contributed by atoms with Crippen molar-refractivity contribution in [3.05, 3.63) is 66.1 Å².